The third-order valence-corrected chi connectivity index (χ3v) is 6.94. The third-order valence-electron chi connectivity index (χ3n) is 3.22. The van der Waals surface area contributed by atoms with Crippen molar-refractivity contribution in [3.63, 3.8) is 0 Å². The first-order valence-corrected chi connectivity index (χ1v) is 9.40. The Morgan fingerprint density at radius 2 is 2.15 bits per heavy atom. The standard InChI is InChI=1S/C11H17N3O4S2/c1-9-8-19(15,16)5-4-14(9)20(17,18)11-3-2-10(6-12)7-13-11/h2-3,7,9H,4-6,8,12H2,1H3. The molecular weight excluding hydrogens is 302 g/mol. The molecule has 7 nitrogen and oxygen atoms in total. The molecule has 1 aliphatic heterocycles. The number of sulfone groups is 1. The van der Waals surface area contributed by atoms with Gasteiger partial charge in [0.1, 0.15) is 0 Å². The fourth-order valence-corrected chi connectivity index (χ4v) is 5.46. The zero-order valence-electron chi connectivity index (χ0n) is 11.1. The van der Waals surface area contributed by atoms with Crippen LogP contribution in [0.4, 0.5) is 0 Å². The molecule has 1 fully saturated rings. The first-order chi connectivity index (χ1) is 9.26. The lowest BCUT2D eigenvalue weighted by molar-refractivity contribution is 0.355. The van der Waals surface area contributed by atoms with E-state index in [4.69, 9.17) is 5.73 Å². The topological polar surface area (TPSA) is 110 Å². The smallest absolute Gasteiger partial charge is 0.260 e. The molecule has 1 atom stereocenters. The van der Waals surface area contributed by atoms with Crippen molar-refractivity contribution in [3.05, 3.63) is 23.9 Å². The maximum atomic E-state index is 12.4. The lowest BCUT2D eigenvalue weighted by atomic mass is 10.3. The molecule has 0 spiro atoms. The lowest BCUT2D eigenvalue weighted by Crippen LogP contribution is -2.49. The Kier molecular flexibility index (Phi) is 4.14. The van der Waals surface area contributed by atoms with Gasteiger partial charge in [0.2, 0.25) is 0 Å². The first kappa shape index (κ1) is 15.4. The maximum Gasteiger partial charge on any atom is 0.260 e. The van der Waals surface area contributed by atoms with E-state index in [9.17, 15) is 16.8 Å². The summed E-state index contributed by atoms with van der Waals surface area (Å²) in [7, 11) is -6.93. The Morgan fingerprint density at radius 1 is 1.45 bits per heavy atom. The van der Waals surface area contributed by atoms with Gasteiger partial charge in [0.05, 0.1) is 11.5 Å². The number of nitrogens with zero attached hydrogens (tertiary/aromatic N) is 2. The summed E-state index contributed by atoms with van der Waals surface area (Å²) >= 11 is 0. The van der Waals surface area contributed by atoms with Crippen molar-refractivity contribution < 1.29 is 16.8 Å². The van der Waals surface area contributed by atoms with Crippen LogP contribution in [0.2, 0.25) is 0 Å². The van der Waals surface area contributed by atoms with Crippen molar-refractivity contribution in [2.75, 3.05) is 18.1 Å². The van der Waals surface area contributed by atoms with Crippen LogP contribution in [0.25, 0.3) is 0 Å². The highest BCUT2D eigenvalue weighted by molar-refractivity contribution is 7.92. The van der Waals surface area contributed by atoms with Crippen molar-refractivity contribution in [1.29, 1.82) is 0 Å². The Hall–Kier alpha value is -1.03. The Morgan fingerprint density at radius 3 is 2.65 bits per heavy atom. The van der Waals surface area contributed by atoms with Gasteiger partial charge >= 0.3 is 0 Å². The molecule has 0 bridgehead atoms. The number of sulfonamides is 1. The van der Waals surface area contributed by atoms with Crippen LogP contribution < -0.4 is 5.73 Å². The molecule has 1 aromatic rings. The number of hydrogen-bond donors (Lipinski definition) is 1. The van der Waals surface area contributed by atoms with Gasteiger partial charge in [-0.15, -0.1) is 0 Å². The van der Waals surface area contributed by atoms with Crippen molar-refractivity contribution in [2.45, 2.75) is 24.5 Å². The Balaban J connectivity index is 2.30. The third kappa shape index (κ3) is 3.00. The van der Waals surface area contributed by atoms with Gasteiger partial charge in [-0.1, -0.05) is 6.07 Å². The molecule has 0 saturated carbocycles. The number of pyridine rings is 1. The summed E-state index contributed by atoms with van der Waals surface area (Å²) < 4.78 is 49.1. The number of nitrogens with two attached hydrogens (primary N) is 1. The van der Waals surface area contributed by atoms with Gasteiger partial charge in [-0.05, 0) is 18.6 Å². The molecule has 2 N–H and O–H groups in total. The second-order valence-electron chi connectivity index (χ2n) is 4.79. The van der Waals surface area contributed by atoms with Crippen LogP contribution in [0.5, 0.6) is 0 Å². The van der Waals surface area contributed by atoms with Crippen molar-refractivity contribution >= 4 is 19.9 Å². The highest BCUT2D eigenvalue weighted by Crippen LogP contribution is 2.21. The molecule has 0 aliphatic carbocycles. The highest BCUT2D eigenvalue weighted by atomic mass is 32.2. The van der Waals surface area contributed by atoms with Crippen LogP contribution in [0.3, 0.4) is 0 Å². The monoisotopic (exact) mass is 319 g/mol. The number of rotatable bonds is 3. The quantitative estimate of drug-likeness (QED) is 0.792. The summed E-state index contributed by atoms with van der Waals surface area (Å²) in [5.41, 5.74) is 6.17. The van der Waals surface area contributed by atoms with Crippen LogP contribution in [0.15, 0.2) is 23.4 Å². The summed E-state index contributed by atoms with van der Waals surface area (Å²) in [6, 6.07) is 2.41. The van der Waals surface area contributed by atoms with Crippen molar-refractivity contribution in [1.82, 2.24) is 9.29 Å². The van der Waals surface area contributed by atoms with Gasteiger partial charge in [0.15, 0.2) is 14.9 Å². The van der Waals surface area contributed by atoms with Crippen molar-refractivity contribution in [2.24, 2.45) is 5.73 Å². The molecule has 1 aromatic heterocycles. The average molecular weight is 319 g/mol. The summed E-state index contributed by atoms with van der Waals surface area (Å²) in [4.78, 5) is 3.91. The van der Waals surface area contributed by atoms with E-state index in [-0.39, 0.29) is 29.6 Å². The molecule has 2 rings (SSSR count). The van der Waals surface area contributed by atoms with Crippen LogP contribution in [0, 0.1) is 0 Å². The molecular formula is C11H17N3O4S2. The van der Waals surface area contributed by atoms with Gasteiger partial charge in [-0.2, -0.15) is 4.31 Å². The average Bonchev–Trinajstić information content (AvgIpc) is 2.37. The zero-order valence-corrected chi connectivity index (χ0v) is 12.7. The van der Waals surface area contributed by atoms with Gasteiger partial charge in [-0.25, -0.2) is 21.8 Å². The van der Waals surface area contributed by atoms with Gasteiger partial charge in [-0.3, -0.25) is 0 Å². The molecule has 1 saturated heterocycles. The predicted octanol–water partition coefficient (Wildman–Crippen LogP) is -0.652. The largest absolute Gasteiger partial charge is 0.326 e. The predicted molar refractivity (Wildman–Crippen MR) is 74.1 cm³/mol. The molecule has 0 aromatic carbocycles. The second kappa shape index (κ2) is 5.40. The van der Waals surface area contributed by atoms with Crippen LogP contribution in [0.1, 0.15) is 12.5 Å². The SMILES string of the molecule is CC1CS(=O)(=O)CCN1S(=O)(=O)c1ccc(CN)cn1. The minimum absolute atomic E-state index is 0.0356. The summed E-state index contributed by atoms with van der Waals surface area (Å²) in [5.74, 6) is -0.315. The molecule has 112 valence electrons. The Bertz CT molecular complexity index is 683. The van der Waals surface area contributed by atoms with E-state index >= 15 is 0 Å². The molecule has 9 heteroatoms. The maximum absolute atomic E-state index is 12.4. The van der Waals surface area contributed by atoms with Gasteiger partial charge in [0, 0.05) is 25.3 Å². The molecule has 20 heavy (non-hydrogen) atoms. The molecule has 0 amide bonds. The molecule has 1 aliphatic rings. The normalized spacial score (nSPS) is 23.6. The van der Waals surface area contributed by atoms with Crippen LogP contribution >= 0.6 is 0 Å². The van der Waals surface area contributed by atoms with E-state index in [0.717, 1.165) is 5.56 Å². The minimum atomic E-state index is -3.77. The van der Waals surface area contributed by atoms with E-state index in [1.54, 1.807) is 13.0 Å². The van der Waals surface area contributed by atoms with E-state index in [2.05, 4.69) is 4.98 Å². The van der Waals surface area contributed by atoms with Crippen LogP contribution in [-0.4, -0.2) is 50.2 Å². The first-order valence-electron chi connectivity index (χ1n) is 6.13. The Labute approximate surface area is 118 Å². The molecule has 2 heterocycles. The summed E-state index contributed by atoms with van der Waals surface area (Å²) in [6.07, 6.45) is 1.41. The fraction of sp³-hybridized carbons (Fsp3) is 0.545. The zero-order chi connectivity index (χ0) is 15.0. The lowest BCUT2D eigenvalue weighted by Gasteiger charge is -2.31. The van der Waals surface area contributed by atoms with E-state index < -0.39 is 25.9 Å². The summed E-state index contributed by atoms with van der Waals surface area (Å²) in [5, 5.41) is -0.0825. The number of aromatic nitrogens is 1. The summed E-state index contributed by atoms with van der Waals surface area (Å²) in [6.45, 7) is 1.83. The highest BCUT2D eigenvalue weighted by Gasteiger charge is 2.37. The number of hydrogen-bond acceptors (Lipinski definition) is 6. The molecule has 0 radical (unpaired) electrons. The fourth-order valence-electron chi connectivity index (χ4n) is 2.14. The molecule has 1 unspecified atom stereocenters. The van der Waals surface area contributed by atoms with Crippen molar-refractivity contribution in [3.8, 4) is 0 Å². The van der Waals surface area contributed by atoms with E-state index in [0.29, 0.717) is 0 Å². The van der Waals surface area contributed by atoms with Gasteiger partial charge < -0.3 is 5.73 Å². The van der Waals surface area contributed by atoms with E-state index in [1.807, 2.05) is 0 Å². The second-order valence-corrected chi connectivity index (χ2v) is 8.85. The van der Waals surface area contributed by atoms with E-state index in [1.165, 1.54) is 16.6 Å². The van der Waals surface area contributed by atoms with Gasteiger partial charge in [0.25, 0.3) is 10.0 Å². The minimum Gasteiger partial charge on any atom is -0.326 e. The van der Waals surface area contributed by atoms with Crippen LogP contribution in [-0.2, 0) is 26.4 Å².